The number of hydrogen-bond donors (Lipinski definition) is 1. The predicted molar refractivity (Wildman–Crippen MR) is 137 cm³/mol. The Morgan fingerprint density at radius 3 is 2.66 bits per heavy atom. The lowest BCUT2D eigenvalue weighted by atomic mass is 9.95. The molecular formula is C24H24Cl2N4O4S. The highest BCUT2D eigenvalue weighted by molar-refractivity contribution is 7.99. The van der Waals surface area contributed by atoms with Crippen LogP contribution in [0.3, 0.4) is 0 Å². The summed E-state index contributed by atoms with van der Waals surface area (Å²) in [5.41, 5.74) is 2.63. The van der Waals surface area contributed by atoms with Crippen LogP contribution in [0.15, 0.2) is 52.8 Å². The van der Waals surface area contributed by atoms with Crippen LogP contribution in [0, 0.1) is 0 Å². The maximum atomic E-state index is 12.8. The molecule has 1 aliphatic heterocycles. The number of anilines is 1. The van der Waals surface area contributed by atoms with Crippen molar-refractivity contribution in [3.63, 3.8) is 0 Å². The van der Waals surface area contributed by atoms with E-state index >= 15 is 0 Å². The van der Waals surface area contributed by atoms with Crippen molar-refractivity contribution in [3.05, 3.63) is 68.8 Å². The quantitative estimate of drug-likeness (QED) is 0.289. The molecular weight excluding hydrogens is 511 g/mol. The summed E-state index contributed by atoms with van der Waals surface area (Å²) in [5.74, 6) is 1.94. The van der Waals surface area contributed by atoms with Gasteiger partial charge >= 0.3 is 5.97 Å². The molecule has 8 nitrogen and oxygen atoms in total. The van der Waals surface area contributed by atoms with E-state index in [9.17, 15) is 4.79 Å². The highest BCUT2D eigenvalue weighted by Gasteiger charge is 2.35. The normalized spacial score (nSPS) is 14.9. The van der Waals surface area contributed by atoms with E-state index in [4.69, 9.17) is 37.4 Å². The standard InChI is InChI=1S/C24H24Cl2N4O4S/c1-5-35-24-28-23-27-13(2)20(22(31)33-4)21(30(23)29-24)14-7-9-18(19(10-14)32-3)34-12-15-6-8-16(25)11-17(15)26/h6-11,21H,5,12H2,1-4H3,(H,27,28,29). The van der Waals surface area contributed by atoms with Gasteiger partial charge < -0.3 is 19.5 Å². The first-order valence-electron chi connectivity index (χ1n) is 10.8. The molecule has 0 radical (unpaired) electrons. The van der Waals surface area contributed by atoms with Crippen molar-refractivity contribution in [1.82, 2.24) is 14.8 Å². The predicted octanol–water partition coefficient (Wildman–Crippen LogP) is 5.75. The van der Waals surface area contributed by atoms with Gasteiger partial charge in [-0.05, 0) is 42.5 Å². The third-order valence-corrected chi connectivity index (χ3v) is 6.72. The molecule has 4 rings (SSSR count). The van der Waals surface area contributed by atoms with Crippen molar-refractivity contribution < 1.29 is 19.0 Å². The monoisotopic (exact) mass is 534 g/mol. The van der Waals surface area contributed by atoms with Gasteiger partial charge in [-0.3, -0.25) is 0 Å². The average molecular weight is 535 g/mol. The largest absolute Gasteiger partial charge is 0.493 e. The molecule has 1 atom stereocenters. The number of allylic oxidation sites excluding steroid dienone is 1. The number of rotatable bonds is 8. The van der Waals surface area contributed by atoms with Crippen LogP contribution in [0.25, 0.3) is 0 Å². The summed E-state index contributed by atoms with van der Waals surface area (Å²) in [7, 11) is 2.91. The van der Waals surface area contributed by atoms with Crippen molar-refractivity contribution in [2.75, 3.05) is 25.3 Å². The average Bonchev–Trinajstić information content (AvgIpc) is 3.24. The van der Waals surface area contributed by atoms with Crippen molar-refractivity contribution in [1.29, 1.82) is 0 Å². The summed E-state index contributed by atoms with van der Waals surface area (Å²) in [6, 6.07) is 10.2. The van der Waals surface area contributed by atoms with Crippen LogP contribution in [0.4, 0.5) is 5.95 Å². The molecule has 1 aliphatic rings. The van der Waals surface area contributed by atoms with Crippen LogP contribution in [-0.4, -0.2) is 40.7 Å². The fourth-order valence-electron chi connectivity index (χ4n) is 3.77. The van der Waals surface area contributed by atoms with Gasteiger partial charge in [0, 0.05) is 21.3 Å². The Hall–Kier alpha value is -2.88. The Balaban J connectivity index is 1.71. The molecule has 0 amide bonds. The number of methoxy groups -OCH3 is 2. The van der Waals surface area contributed by atoms with E-state index in [-0.39, 0.29) is 6.61 Å². The van der Waals surface area contributed by atoms with Gasteiger partial charge in [0.2, 0.25) is 11.1 Å². The van der Waals surface area contributed by atoms with E-state index in [1.807, 2.05) is 32.0 Å². The van der Waals surface area contributed by atoms with Gasteiger partial charge in [-0.15, -0.1) is 5.10 Å². The minimum absolute atomic E-state index is 0.232. The molecule has 0 saturated carbocycles. The zero-order valence-electron chi connectivity index (χ0n) is 19.6. The molecule has 0 fully saturated rings. The number of carbonyl (C=O) groups excluding carboxylic acids is 1. The summed E-state index contributed by atoms with van der Waals surface area (Å²) in [6.07, 6.45) is 0. The van der Waals surface area contributed by atoms with Crippen molar-refractivity contribution >= 4 is 46.9 Å². The second kappa shape index (κ2) is 10.8. The number of nitrogens with one attached hydrogen (secondary N) is 1. The fourth-order valence-corrected chi connectivity index (χ4v) is 4.79. The number of nitrogens with zero attached hydrogens (tertiary/aromatic N) is 3. The van der Waals surface area contributed by atoms with Gasteiger partial charge in [0.25, 0.3) is 0 Å². The van der Waals surface area contributed by atoms with Crippen LogP contribution in [0.1, 0.15) is 31.0 Å². The summed E-state index contributed by atoms with van der Waals surface area (Å²) in [6.45, 7) is 4.07. The van der Waals surface area contributed by atoms with Crippen molar-refractivity contribution in [2.45, 2.75) is 31.7 Å². The molecule has 0 saturated heterocycles. The molecule has 2 heterocycles. The number of esters is 1. The number of aromatic nitrogens is 3. The number of carbonyl (C=O) groups is 1. The van der Waals surface area contributed by atoms with Gasteiger partial charge in [-0.2, -0.15) is 4.98 Å². The van der Waals surface area contributed by atoms with E-state index < -0.39 is 12.0 Å². The van der Waals surface area contributed by atoms with E-state index in [0.29, 0.717) is 43.9 Å². The zero-order chi connectivity index (χ0) is 25.1. The molecule has 11 heteroatoms. The first-order chi connectivity index (χ1) is 16.9. The number of halogens is 2. The van der Waals surface area contributed by atoms with Gasteiger partial charge in [-0.25, -0.2) is 9.48 Å². The summed E-state index contributed by atoms with van der Waals surface area (Å²) in [4.78, 5) is 17.3. The lowest BCUT2D eigenvalue weighted by molar-refractivity contribution is -0.136. The summed E-state index contributed by atoms with van der Waals surface area (Å²) >= 11 is 13.8. The van der Waals surface area contributed by atoms with Crippen LogP contribution in [0.5, 0.6) is 11.5 Å². The van der Waals surface area contributed by atoms with Gasteiger partial charge in [0.05, 0.1) is 19.8 Å². The Kier molecular flexibility index (Phi) is 7.78. The Labute approximate surface area is 217 Å². The molecule has 1 aromatic heterocycles. The van der Waals surface area contributed by atoms with E-state index in [2.05, 4.69) is 15.4 Å². The molecule has 1 N–H and O–H groups in total. The third kappa shape index (κ3) is 5.22. The molecule has 2 aromatic carbocycles. The molecule has 0 bridgehead atoms. The Morgan fingerprint density at radius 1 is 1.17 bits per heavy atom. The maximum absolute atomic E-state index is 12.8. The van der Waals surface area contributed by atoms with Crippen LogP contribution < -0.4 is 14.8 Å². The van der Waals surface area contributed by atoms with Crippen LogP contribution in [0.2, 0.25) is 10.0 Å². The van der Waals surface area contributed by atoms with E-state index in [1.54, 1.807) is 30.0 Å². The fraction of sp³-hybridized carbons (Fsp3) is 0.292. The topological polar surface area (TPSA) is 87.5 Å². The number of thioether (sulfide) groups is 1. The maximum Gasteiger partial charge on any atom is 0.338 e. The first kappa shape index (κ1) is 25.2. The third-order valence-electron chi connectivity index (χ3n) is 5.41. The molecule has 0 spiro atoms. The minimum atomic E-state index is -0.564. The molecule has 1 unspecified atom stereocenters. The number of fused-ring (bicyclic) bond motifs is 1. The second-order valence-electron chi connectivity index (χ2n) is 7.59. The molecule has 0 aliphatic carbocycles. The van der Waals surface area contributed by atoms with Gasteiger partial charge in [0.1, 0.15) is 12.6 Å². The lowest BCUT2D eigenvalue weighted by Gasteiger charge is -2.28. The van der Waals surface area contributed by atoms with Crippen molar-refractivity contribution in [3.8, 4) is 11.5 Å². The van der Waals surface area contributed by atoms with E-state index in [1.165, 1.54) is 18.9 Å². The molecule has 35 heavy (non-hydrogen) atoms. The smallest absolute Gasteiger partial charge is 0.338 e. The second-order valence-corrected chi connectivity index (χ2v) is 9.66. The van der Waals surface area contributed by atoms with Crippen LogP contribution >= 0.6 is 35.0 Å². The highest BCUT2D eigenvalue weighted by Crippen LogP contribution is 2.40. The summed E-state index contributed by atoms with van der Waals surface area (Å²) < 4.78 is 18.4. The minimum Gasteiger partial charge on any atom is -0.493 e. The molecule has 3 aromatic rings. The van der Waals surface area contributed by atoms with Gasteiger partial charge in [0.15, 0.2) is 11.5 Å². The summed E-state index contributed by atoms with van der Waals surface area (Å²) in [5, 5.41) is 9.50. The van der Waals surface area contributed by atoms with Crippen molar-refractivity contribution in [2.24, 2.45) is 0 Å². The Morgan fingerprint density at radius 2 is 1.97 bits per heavy atom. The number of ether oxygens (including phenoxy) is 3. The van der Waals surface area contributed by atoms with Gasteiger partial charge in [-0.1, -0.05) is 54.0 Å². The SMILES string of the molecule is CCSc1nc2n(n1)C(c1ccc(OCc3ccc(Cl)cc3Cl)c(OC)c1)C(C(=O)OC)=C(C)N2. The number of hydrogen-bond acceptors (Lipinski definition) is 8. The van der Waals surface area contributed by atoms with E-state index in [0.717, 1.165) is 16.9 Å². The zero-order valence-corrected chi connectivity index (χ0v) is 21.9. The van der Waals surface area contributed by atoms with Crippen LogP contribution in [-0.2, 0) is 16.1 Å². The first-order valence-corrected chi connectivity index (χ1v) is 12.5. The number of benzene rings is 2. The lowest BCUT2D eigenvalue weighted by Crippen LogP contribution is -2.29. The molecule has 184 valence electrons. The highest BCUT2D eigenvalue weighted by atomic mass is 35.5. The Bertz CT molecular complexity index is 1290.